The van der Waals surface area contributed by atoms with Crippen molar-refractivity contribution in [1.82, 2.24) is 4.90 Å². The van der Waals surface area contributed by atoms with Crippen LogP contribution in [0.1, 0.15) is 19.4 Å². The maximum Gasteiger partial charge on any atom is 0.0604 e. The van der Waals surface area contributed by atoms with Gasteiger partial charge in [-0.2, -0.15) is 0 Å². The molecule has 1 aromatic rings. The molecule has 0 saturated carbocycles. The molecule has 1 unspecified atom stereocenters. The van der Waals surface area contributed by atoms with E-state index in [4.69, 9.17) is 0 Å². The number of nitrogens with zero attached hydrogens (tertiary/aromatic N) is 2. The molecule has 0 bridgehead atoms. The van der Waals surface area contributed by atoms with E-state index >= 15 is 0 Å². The zero-order valence-electron chi connectivity index (χ0n) is 12.6. The molecule has 1 fully saturated rings. The lowest BCUT2D eigenvalue weighted by molar-refractivity contribution is 0.133. The molecule has 1 N–H and O–H groups in total. The molecule has 2 rings (SSSR count). The first-order chi connectivity index (χ1) is 8.91. The Hall–Kier alpha value is -1.06. The van der Waals surface area contributed by atoms with Crippen molar-refractivity contribution in [3.63, 3.8) is 0 Å². The molecule has 3 heteroatoms. The fraction of sp³-hybridized carbons (Fsp3) is 0.625. The van der Waals surface area contributed by atoms with Crippen LogP contribution in [-0.4, -0.2) is 49.3 Å². The first-order valence-electron chi connectivity index (χ1n) is 7.04. The number of hydrogen-bond acceptors (Lipinski definition) is 3. The van der Waals surface area contributed by atoms with Crippen LogP contribution in [0.4, 0.5) is 5.69 Å². The Morgan fingerprint density at radius 1 is 1.21 bits per heavy atom. The highest BCUT2D eigenvalue weighted by Crippen LogP contribution is 2.27. The second-order valence-corrected chi connectivity index (χ2v) is 6.63. The van der Waals surface area contributed by atoms with Crippen LogP contribution in [-0.2, 0) is 0 Å². The smallest absolute Gasteiger partial charge is 0.0604 e. The third-order valence-corrected chi connectivity index (χ3v) is 3.96. The van der Waals surface area contributed by atoms with E-state index in [9.17, 15) is 5.11 Å². The molecule has 106 valence electrons. The highest BCUT2D eigenvalue weighted by atomic mass is 16.3. The Labute approximate surface area is 116 Å². The van der Waals surface area contributed by atoms with E-state index in [2.05, 4.69) is 61.9 Å². The topological polar surface area (TPSA) is 26.7 Å². The van der Waals surface area contributed by atoms with Gasteiger partial charge >= 0.3 is 0 Å². The molecule has 1 saturated heterocycles. The molecule has 1 aliphatic heterocycles. The van der Waals surface area contributed by atoms with Crippen LogP contribution in [0.15, 0.2) is 24.3 Å². The summed E-state index contributed by atoms with van der Waals surface area (Å²) in [4.78, 5) is 4.69. The van der Waals surface area contributed by atoms with Crippen molar-refractivity contribution < 1.29 is 5.11 Å². The number of anilines is 1. The largest absolute Gasteiger partial charge is 0.395 e. The number of likely N-dealkylation sites (N-methyl/N-ethyl adjacent to an activating group) is 1. The molecular formula is C16H26N2O. The van der Waals surface area contributed by atoms with Gasteiger partial charge in [0.1, 0.15) is 0 Å². The maximum absolute atomic E-state index is 9.60. The van der Waals surface area contributed by atoms with Crippen molar-refractivity contribution in [1.29, 1.82) is 0 Å². The van der Waals surface area contributed by atoms with Gasteiger partial charge in [-0.1, -0.05) is 31.5 Å². The Morgan fingerprint density at radius 2 is 1.84 bits per heavy atom. The van der Waals surface area contributed by atoms with Crippen LogP contribution >= 0.6 is 0 Å². The molecular weight excluding hydrogens is 236 g/mol. The van der Waals surface area contributed by atoms with Crippen LogP contribution in [0.5, 0.6) is 0 Å². The van der Waals surface area contributed by atoms with Gasteiger partial charge in [-0.05, 0) is 31.5 Å². The lowest BCUT2D eigenvalue weighted by Gasteiger charge is -2.31. The number of aliphatic hydroxyl groups excluding tert-OH is 1. The van der Waals surface area contributed by atoms with Crippen LogP contribution < -0.4 is 4.90 Å². The van der Waals surface area contributed by atoms with E-state index in [-0.39, 0.29) is 18.1 Å². The minimum atomic E-state index is 0.211. The minimum absolute atomic E-state index is 0.211. The Morgan fingerprint density at radius 3 is 2.42 bits per heavy atom. The second-order valence-electron chi connectivity index (χ2n) is 6.63. The molecule has 1 heterocycles. The fourth-order valence-corrected chi connectivity index (χ4v) is 2.98. The quantitative estimate of drug-likeness (QED) is 0.884. The lowest BCUT2D eigenvalue weighted by atomic mass is 9.92. The summed E-state index contributed by atoms with van der Waals surface area (Å²) in [5.41, 5.74) is 2.77. The molecule has 0 radical (unpaired) electrons. The summed E-state index contributed by atoms with van der Waals surface area (Å²) in [6, 6.07) is 8.90. The van der Waals surface area contributed by atoms with E-state index in [1.54, 1.807) is 0 Å². The van der Waals surface area contributed by atoms with Gasteiger partial charge in [0.25, 0.3) is 0 Å². The lowest BCUT2D eigenvalue weighted by Crippen LogP contribution is -2.41. The van der Waals surface area contributed by atoms with Gasteiger partial charge in [0.05, 0.1) is 6.61 Å². The predicted molar refractivity (Wildman–Crippen MR) is 80.7 cm³/mol. The first-order valence-corrected chi connectivity index (χ1v) is 7.04. The van der Waals surface area contributed by atoms with Crippen LogP contribution in [0.3, 0.4) is 0 Å². The van der Waals surface area contributed by atoms with Gasteiger partial charge < -0.3 is 10.0 Å². The first kappa shape index (κ1) is 14.4. The standard InChI is InChI=1S/C16H26N2O/c1-13-5-7-14(8-6-13)18-9-15(10-19)17(4)11-16(2,3)12-18/h5-8,15,19H,9-12H2,1-4H3. The second kappa shape index (κ2) is 5.51. The van der Waals surface area contributed by atoms with Crippen LogP contribution in [0.25, 0.3) is 0 Å². The zero-order valence-corrected chi connectivity index (χ0v) is 12.6. The SMILES string of the molecule is Cc1ccc(N2CC(CO)N(C)CC(C)(C)C2)cc1. The van der Waals surface area contributed by atoms with Crippen molar-refractivity contribution in [3.8, 4) is 0 Å². The fourth-order valence-electron chi connectivity index (χ4n) is 2.98. The zero-order chi connectivity index (χ0) is 14.0. The van der Waals surface area contributed by atoms with Gasteiger partial charge in [-0.3, -0.25) is 4.90 Å². The van der Waals surface area contributed by atoms with E-state index in [1.807, 2.05) is 0 Å². The molecule has 0 spiro atoms. The molecule has 1 aliphatic rings. The van der Waals surface area contributed by atoms with Crippen molar-refractivity contribution >= 4 is 5.69 Å². The average Bonchev–Trinajstić information content (AvgIpc) is 2.45. The monoisotopic (exact) mass is 262 g/mol. The van der Waals surface area contributed by atoms with Crippen molar-refractivity contribution in [2.24, 2.45) is 5.41 Å². The number of hydrogen-bond donors (Lipinski definition) is 1. The number of benzene rings is 1. The van der Waals surface area contributed by atoms with Crippen LogP contribution in [0.2, 0.25) is 0 Å². The number of aryl methyl sites for hydroxylation is 1. The number of rotatable bonds is 2. The number of aliphatic hydroxyl groups is 1. The average molecular weight is 262 g/mol. The Bertz CT molecular complexity index is 413. The highest BCUT2D eigenvalue weighted by molar-refractivity contribution is 5.48. The predicted octanol–water partition coefficient (Wildman–Crippen LogP) is 2.13. The van der Waals surface area contributed by atoms with E-state index in [0.29, 0.717) is 0 Å². The van der Waals surface area contributed by atoms with Crippen molar-refractivity contribution in [3.05, 3.63) is 29.8 Å². The van der Waals surface area contributed by atoms with Crippen LogP contribution in [0, 0.1) is 12.3 Å². The van der Waals surface area contributed by atoms with E-state index in [0.717, 1.165) is 19.6 Å². The summed E-state index contributed by atoms with van der Waals surface area (Å²) in [6.07, 6.45) is 0. The molecule has 1 atom stereocenters. The maximum atomic E-state index is 9.60. The summed E-state index contributed by atoms with van der Waals surface area (Å²) in [5.74, 6) is 0. The minimum Gasteiger partial charge on any atom is -0.395 e. The molecule has 1 aromatic carbocycles. The Balaban J connectivity index is 2.25. The molecule has 0 aromatic heterocycles. The van der Waals surface area contributed by atoms with Gasteiger partial charge in [-0.15, -0.1) is 0 Å². The third-order valence-electron chi connectivity index (χ3n) is 3.96. The summed E-state index contributed by atoms with van der Waals surface area (Å²) >= 11 is 0. The van der Waals surface area contributed by atoms with Crippen molar-refractivity contribution in [2.45, 2.75) is 26.8 Å². The van der Waals surface area contributed by atoms with E-state index in [1.165, 1.54) is 11.3 Å². The molecule has 0 amide bonds. The summed E-state index contributed by atoms with van der Waals surface area (Å²) < 4.78 is 0. The summed E-state index contributed by atoms with van der Waals surface area (Å²) in [7, 11) is 2.11. The highest BCUT2D eigenvalue weighted by Gasteiger charge is 2.32. The molecule has 19 heavy (non-hydrogen) atoms. The molecule has 0 aliphatic carbocycles. The third kappa shape index (κ3) is 3.48. The van der Waals surface area contributed by atoms with E-state index < -0.39 is 0 Å². The summed E-state index contributed by atoms with van der Waals surface area (Å²) in [5, 5.41) is 9.60. The molecule has 3 nitrogen and oxygen atoms in total. The van der Waals surface area contributed by atoms with Gasteiger partial charge in [0.15, 0.2) is 0 Å². The summed E-state index contributed by atoms with van der Waals surface area (Å²) in [6.45, 7) is 9.85. The van der Waals surface area contributed by atoms with Gasteiger partial charge in [0.2, 0.25) is 0 Å². The van der Waals surface area contributed by atoms with Gasteiger partial charge in [0, 0.05) is 31.4 Å². The van der Waals surface area contributed by atoms with Gasteiger partial charge in [-0.25, -0.2) is 0 Å². The normalized spacial score (nSPS) is 24.3. The Kier molecular flexibility index (Phi) is 4.16. The van der Waals surface area contributed by atoms with Crippen molar-refractivity contribution in [2.75, 3.05) is 38.2 Å².